The van der Waals surface area contributed by atoms with E-state index in [1.54, 1.807) is 6.92 Å². The smallest absolute Gasteiger partial charge is 0.127 e. The summed E-state index contributed by atoms with van der Waals surface area (Å²) in [5, 5.41) is -0.273. The molecule has 1 atom stereocenters. The molecule has 0 saturated carbocycles. The lowest BCUT2D eigenvalue weighted by Crippen LogP contribution is -1.91. The molecule has 0 bridgehead atoms. The van der Waals surface area contributed by atoms with E-state index in [2.05, 4.69) is 12.6 Å². The summed E-state index contributed by atoms with van der Waals surface area (Å²) in [6.45, 7) is 1.70. The van der Waals surface area contributed by atoms with Gasteiger partial charge in [0.25, 0.3) is 0 Å². The highest BCUT2D eigenvalue weighted by atomic mass is 32.1. The maximum atomic E-state index is 12.8. The first-order chi connectivity index (χ1) is 5.11. The molecule has 0 fully saturated rings. The molecule has 0 radical (unpaired) electrons. The van der Waals surface area contributed by atoms with Crippen molar-refractivity contribution in [1.29, 1.82) is 0 Å². The van der Waals surface area contributed by atoms with Gasteiger partial charge in [-0.1, -0.05) is 0 Å². The Labute approximate surface area is 69.6 Å². The molecule has 60 valence electrons. The van der Waals surface area contributed by atoms with Gasteiger partial charge in [0.2, 0.25) is 0 Å². The molecule has 0 aliphatic heterocycles. The monoisotopic (exact) mass is 174 g/mol. The van der Waals surface area contributed by atoms with Crippen LogP contribution in [0, 0.1) is 11.6 Å². The Balaban J connectivity index is 3.13. The third kappa shape index (κ3) is 1.93. The van der Waals surface area contributed by atoms with Crippen molar-refractivity contribution in [2.45, 2.75) is 12.2 Å². The molecule has 1 unspecified atom stereocenters. The number of hydrogen-bond acceptors (Lipinski definition) is 1. The Morgan fingerprint density at radius 3 is 2.45 bits per heavy atom. The molecule has 1 aromatic rings. The molecule has 0 spiro atoms. The maximum absolute atomic E-state index is 12.8. The van der Waals surface area contributed by atoms with E-state index in [1.807, 2.05) is 0 Å². The molecule has 11 heavy (non-hydrogen) atoms. The maximum Gasteiger partial charge on any atom is 0.127 e. The van der Waals surface area contributed by atoms with Crippen LogP contribution in [0.15, 0.2) is 18.2 Å². The van der Waals surface area contributed by atoms with Crippen molar-refractivity contribution >= 4 is 12.6 Å². The number of benzene rings is 1. The highest BCUT2D eigenvalue weighted by molar-refractivity contribution is 7.80. The molecular weight excluding hydrogens is 166 g/mol. The normalized spacial score (nSPS) is 13.1. The van der Waals surface area contributed by atoms with Crippen molar-refractivity contribution in [2.75, 3.05) is 0 Å². The first-order valence-electron chi connectivity index (χ1n) is 3.24. The largest absolute Gasteiger partial charge is 0.207 e. The van der Waals surface area contributed by atoms with Crippen molar-refractivity contribution in [1.82, 2.24) is 0 Å². The van der Waals surface area contributed by atoms with E-state index >= 15 is 0 Å². The summed E-state index contributed by atoms with van der Waals surface area (Å²) < 4.78 is 25.3. The van der Waals surface area contributed by atoms with Crippen LogP contribution in [-0.4, -0.2) is 0 Å². The van der Waals surface area contributed by atoms with Crippen LogP contribution in [0.1, 0.15) is 17.7 Å². The lowest BCUT2D eigenvalue weighted by molar-refractivity contribution is 0.586. The van der Waals surface area contributed by atoms with E-state index in [0.29, 0.717) is 5.56 Å². The van der Waals surface area contributed by atoms with E-state index in [-0.39, 0.29) is 5.25 Å². The van der Waals surface area contributed by atoms with Crippen molar-refractivity contribution < 1.29 is 8.78 Å². The number of hydrogen-bond donors (Lipinski definition) is 1. The highest BCUT2D eigenvalue weighted by Gasteiger charge is 2.07. The summed E-state index contributed by atoms with van der Waals surface area (Å²) in [4.78, 5) is 0. The van der Waals surface area contributed by atoms with Gasteiger partial charge in [0.05, 0.1) is 0 Å². The fourth-order valence-corrected chi connectivity index (χ4v) is 1.03. The molecule has 0 amide bonds. The minimum atomic E-state index is -0.428. The second-order valence-corrected chi connectivity index (χ2v) is 3.12. The summed E-state index contributed by atoms with van der Waals surface area (Å²) in [7, 11) is 0. The van der Waals surface area contributed by atoms with Gasteiger partial charge >= 0.3 is 0 Å². The SMILES string of the molecule is CC(S)c1cc(F)ccc1F. The van der Waals surface area contributed by atoms with E-state index in [4.69, 9.17) is 0 Å². The predicted molar refractivity (Wildman–Crippen MR) is 43.8 cm³/mol. The van der Waals surface area contributed by atoms with Gasteiger partial charge in [-0.05, 0) is 25.1 Å². The fraction of sp³-hybridized carbons (Fsp3) is 0.250. The third-order valence-electron chi connectivity index (χ3n) is 1.41. The summed E-state index contributed by atoms with van der Waals surface area (Å²) in [6, 6.07) is 3.36. The Bertz CT molecular complexity index is 258. The van der Waals surface area contributed by atoms with Gasteiger partial charge in [-0.15, -0.1) is 0 Å². The van der Waals surface area contributed by atoms with Gasteiger partial charge < -0.3 is 0 Å². The standard InChI is InChI=1S/C8H8F2S/c1-5(11)7-4-6(9)2-3-8(7)10/h2-5,11H,1H3. The zero-order chi connectivity index (χ0) is 8.43. The van der Waals surface area contributed by atoms with Gasteiger partial charge in [0.15, 0.2) is 0 Å². The highest BCUT2D eigenvalue weighted by Crippen LogP contribution is 2.22. The molecule has 0 aliphatic rings. The summed E-state index contributed by atoms with van der Waals surface area (Å²) in [5.74, 6) is -0.837. The number of rotatable bonds is 1. The fourth-order valence-electron chi connectivity index (χ4n) is 0.835. The topological polar surface area (TPSA) is 0 Å². The van der Waals surface area contributed by atoms with Crippen LogP contribution < -0.4 is 0 Å². The van der Waals surface area contributed by atoms with Crippen LogP contribution in [0.25, 0.3) is 0 Å². The summed E-state index contributed by atoms with van der Waals surface area (Å²) in [6.07, 6.45) is 0. The average molecular weight is 174 g/mol. The minimum absolute atomic E-state index is 0.273. The Kier molecular flexibility index (Phi) is 2.49. The summed E-state index contributed by atoms with van der Waals surface area (Å²) in [5.41, 5.74) is 0.299. The zero-order valence-corrected chi connectivity index (χ0v) is 6.91. The first-order valence-corrected chi connectivity index (χ1v) is 3.76. The van der Waals surface area contributed by atoms with E-state index < -0.39 is 11.6 Å². The van der Waals surface area contributed by atoms with Crippen LogP contribution in [0.4, 0.5) is 8.78 Å². The second-order valence-electron chi connectivity index (χ2n) is 2.34. The molecule has 0 aliphatic carbocycles. The summed E-state index contributed by atoms with van der Waals surface area (Å²) >= 11 is 4.00. The Morgan fingerprint density at radius 1 is 1.36 bits per heavy atom. The minimum Gasteiger partial charge on any atom is -0.207 e. The lowest BCUT2D eigenvalue weighted by Gasteiger charge is -2.04. The molecular formula is C8H8F2S. The molecule has 1 aromatic carbocycles. The van der Waals surface area contributed by atoms with Crippen molar-refractivity contribution in [2.24, 2.45) is 0 Å². The van der Waals surface area contributed by atoms with E-state index in [0.717, 1.165) is 18.2 Å². The molecule has 0 aromatic heterocycles. The quantitative estimate of drug-likeness (QED) is 0.622. The number of halogens is 2. The molecule has 0 nitrogen and oxygen atoms in total. The van der Waals surface area contributed by atoms with Crippen LogP contribution in [0.2, 0.25) is 0 Å². The van der Waals surface area contributed by atoms with Crippen LogP contribution >= 0.6 is 12.6 Å². The average Bonchev–Trinajstić information content (AvgIpc) is 1.94. The van der Waals surface area contributed by atoms with Crippen LogP contribution in [0.3, 0.4) is 0 Å². The lowest BCUT2D eigenvalue weighted by atomic mass is 10.1. The van der Waals surface area contributed by atoms with Crippen LogP contribution in [0.5, 0.6) is 0 Å². The van der Waals surface area contributed by atoms with Crippen molar-refractivity contribution in [3.05, 3.63) is 35.4 Å². The van der Waals surface area contributed by atoms with Gasteiger partial charge in [0.1, 0.15) is 11.6 Å². The van der Waals surface area contributed by atoms with Gasteiger partial charge in [-0.3, -0.25) is 0 Å². The Hall–Kier alpha value is -0.570. The zero-order valence-electron chi connectivity index (χ0n) is 6.01. The van der Waals surface area contributed by atoms with E-state index in [1.165, 1.54) is 0 Å². The molecule has 0 heterocycles. The van der Waals surface area contributed by atoms with Gasteiger partial charge in [-0.25, -0.2) is 8.78 Å². The predicted octanol–water partition coefficient (Wildman–Crippen LogP) is 2.96. The van der Waals surface area contributed by atoms with E-state index in [9.17, 15) is 8.78 Å². The second kappa shape index (κ2) is 3.22. The molecule has 3 heteroatoms. The molecule has 0 N–H and O–H groups in total. The molecule has 1 rings (SSSR count). The third-order valence-corrected chi connectivity index (χ3v) is 1.69. The van der Waals surface area contributed by atoms with Gasteiger partial charge in [-0.2, -0.15) is 12.6 Å². The first kappa shape index (κ1) is 8.53. The van der Waals surface area contributed by atoms with Crippen molar-refractivity contribution in [3.63, 3.8) is 0 Å². The van der Waals surface area contributed by atoms with Gasteiger partial charge in [0, 0.05) is 10.8 Å². The Morgan fingerprint density at radius 2 is 2.00 bits per heavy atom. The number of thiol groups is 1. The van der Waals surface area contributed by atoms with Crippen molar-refractivity contribution in [3.8, 4) is 0 Å². The molecule has 0 saturated heterocycles. The van der Waals surface area contributed by atoms with Crippen LogP contribution in [-0.2, 0) is 0 Å².